The highest BCUT2D eigenvalue weighted by Crippen LogP contribution is 2.27. The number of benzene rings is 1. The fourth-order valence-corrected chi connectivity index (χ4v) is 2.73. The van der Waals surface area contributed by atoms with Crippen molar-refractivity contribution in [3.8, 4) is 0 Å². The van der Waals surface area contributed by atoms with Gasteiger partial charge in [-0.1, -0.05) is 30.8 Å². The molecule has 0 spiro atoms. The van der Waals surface area contributed by atoms with Crippen LogP contribution < -0.4 is 0 Å². The fraction of sp³-hybridized carbons (Fsp3) is 0.214. The molecule has 0 radical (unpaired) electrons. The zero-order valence-corrected chi connectivity index (χ0v) is 12.8. The Hall–Kier alpha value is -2.48. The number of aliphatic imine (C=N–C) groups is 1. The third kappa shape index (κ3) is 3.06. The van der Waals surface area contributed by atoms with Crippen molar-refractivity contribution in [3.05, 3.63) is 45.6 Å². The number of amidine groups is 1. The van der Waals surface area contributed by atoms with Crippen LogP contribution in [-0.4, -0.2) is 32.6 Å². The molecule has 22 heavy (non-hydrogen) atoms. The Morgan fingerprint density at radius 2 is 2.14 bits per heavy atom. The molecule has 1 aliphatic heterocycles. The van der Waals surface area contributed by atoms with Gasteiger partial charge < -0.3 is 0 Å². The number of nitrogens with zero attached hydrogens (tertiary/aromatic N) is 3. The molecule has 0 saturated heterocycles. The second-order valence-corrected chi connectivity index (χ2v) is 5.56. The molecule has 2 rings (SSSR count). The summed E-state index contributed by atoms with van der Waals surface area (Å²) in [5, 5.41) is 11.3. The van der Waals surface area contributed by atoms with E-state index in [0.29, 0.717) is 10.9 Å². The quantitative estimate of drug-likeness (QED) is 0.484. The van der Waals surface area contributed by atoms with Gasteiger partial charge in [0.05, 0.1) is 10.5 Å². The third-order valence-electron chi connectivity index (χ3n) is 2.86. The zero-order chi connectivity index (χ0) is 16.3. The number of hydrogen-bond acceptors (Lipinski definition) is 5. The molecule has 0 bridgehead atoms. The molecule has 0 aliphatic carbocycles. The van der Waals surface area contributed by atoms with Crippen molar-refractivity contribution in [2.24, 2.45) is 4.99 Å². The van der Waals surface area contributed by atoms with Crippen LogP contribution in [0, 0.1) is 10.1 Å². The molecule has 0 saturated carbocycles. The molecular formula is C14H13N3O4S. The van der Waals surface area contributed by atoms with Gasteiger partial charge in [-0.25, -0.2) is 0 Å². The largest absolute Gasteiger partial charge is 0.296 e. The van der Waals surface area contributed by atoms with E-state index in [4.69, 9.17) is 0 Å². The maximum atomic E-state index is 12.0. The summed E-state index contributed by atoms with van der Waals surface area (Å²) in [5.41, 5.74) is 0.140. The van der Waals surface area contributed by atoms with E-state index in [0.717, 1.165) is 0 Å². The molecule has 114 valence electrons. The standard InChI is InChI=1S/C14H13N3O4S/c1-3-22-14-15-13(19)12(16(14)9(2)18)8-10-6-4-5-7-11(10)17(20)21/h4-8H,3H2,1-2H3/b12-8+. The Kier molecular flexibility index (Phi) is 4.71. The number of para-hydroxylation sites is 1. The topological polar surface area (TPSA) is 92.9 Å². The van der Waals surface area contributed by atoms with Gasteiger partial charge >= 0.3 is 0 Å². The number of rotatable bonds is 3. The van der Waals surface area contributed by atoms with Gasteiger partial charge in [0.15, 0.2) is 5.17 Å². The summed E-state index contributed by atoms with van der Waals surface area (Å²) in [6.07, 6.45) is 1.33. The van der Waals surface area contributed by atoms with E-state index in [1.807, 2.05) is 6.92 Å². The normalized spacial score (nSPS) is 16.1. The van der Waals surface area contributed by atoms with Crippen molar-refractivity contribution in [1.82, 2.24) is 4.90 Å². The average Bonchev–Trinajstić information content (AvgIpc) is 2.76. The molecule has 1 heterocycles. The Morgan fingerprint density at radius 3 is 2.73 bits per heavy atom. The molecule has 0 fully saturated rings. The molecule has 0 aromatic heterocycles. The van der Waals surface area contributed by atoms with Crippen LogP contribution in [-0.2, 0) is 9.59 Å². The van der Waals surface area contributed by atoms with Crippen molar-refractivity contribution in [3.63, 3.8) is 0 Å². The predicted molar refractivity (Wildman–Crippen MR) is 84.2 cm³/mol. The van der Waals surface area contributed by atoms with E-state index in [1.165, 1.54) is 47.9 Å². The van der Waals surface area contributed by atoms with Crippen LogP contribution in [0.25, 0.3) is 6.08 Å². The SMILES string of the molecule is CCSC1=NC(=O)/C(=C\c2ccccc2[N+](=O)[O-])N1C(C)=O. The Bertz CT molecular complexity index is 712. The van der Waals surface area contributed by atoms with Gasteiger partial charge in [-0.3, -0.25) is 24.6 Å². The van der Waals surface area contributed by atoms with Crippen LogP contribution in [0.15, 0.2) is 35.0 Å². The molecular weight excluding hydrogens is 306 g/mol. The van der Waals surface area contributed by atoms with Gasteiger partial charge in [0.1, 0.15) is 5.70 Å². The number of nitro benzene ring substituents is 1. The second kappa shape index (κ2) is 6.52. The number of hydrogen-bond donors (Lipinski definition) is 0. The first-order valence-corrected chi connectivity index (χ1v) is 7.46. The van der Waals surface area contributed by atoms with Crippen LogP contribution in [0.4, 0.5) is 5.69 Å². The molecule has 0 unspecified atom stereocenters. The summed E-state index contributed by atoms with van der Waals surface area (Å²) in [4.78, 5) is 39.4. The van der Waals surface area contributed by atoms with E-state index in [-0.39, 0.29) is 22.9 Å². The van der Waals surface area contributed by atoms with E-state index >= 15 is 0 Å². The van der Waals surface area contributed by atoms with Gasteiger partial charge in [0.25, 0.3) is 11.6 Å². The van der Waals surface area contributed by atoms with E-state index in [2.05, 4.69) is 4.99 Å². The van der Waals surface area contributed by atoms with Crippen LogP contribution in [0.3, 0.4) is 0 Å². The number of nitro groups is 1. The van der Waals surface area contributed by atoms with Crippen molar-refractivity contribution in [2.75, 3.05) is 5.75 Å². The lowest BCUT2D eigenvalue weighted by Gasteiger charge is -2.16. The lowest BCUT2D eigenvalue weighted by molar-refractivity contribution is -0.385. The maximum Gasteiger partial charge on any atom is 0.296 e. The molecule has 0 atom stereocenters. The minimum atomic E-state index is -0.579. The summed E-state index contributed by atoms with van der Waals surface area (Å²) in [6.45, 7) is 3.19. The van der Waals surface area contributed by atoms with Crippen molar-refractivity contribution in [2.45, 2.75) is 13.8 Å². The monoisotopic (exact) mass is 319 g/mol. The van der Waals surface area contributed by atoms with Gasteiger partial charge in [-0.15, -0.1) is 0 Å². The highest BCUT2D eigenvalue weighted by Gasteiger charge is 2.33. The minimum Gasteiger partial charge on any atom is -0.274 e. The summed E-state index contributed by atoms with van der Waals surface area (Å²) in [7, 11) is 0. The fourth-order valence-electron chi connectivity index (χ4n) is 1.97. The highest BCUT2D eigenvalue weighted by atomic mass is 32.2. The molecule has 2 amide bonds. The lowest BCUT2D eigenvalue weighted by atomic mass is 10.1. The van der Waals surface area contributed by atoms with Crippen LogP contribution >= 0.6 is 11.8 Å². The van der Waals surface area contributed by atoms with E-state index in [1.54, 1.807) is 6.07 Å². The molecule has 1 aromatic carbocycles. The number of thioether (sulfide) groups is 1. The van der Waals surface area contributed by atoms with E-state index in [9.17, 15) is 19.7 Å². The predicted octanol–water partition coefficient (Wildman–Crippen LogP) is 2.43. The first-order valence-electron chi connectivity index (χ1n) is 6.47. The molecule has 1 aliphatic rings. The zero-order valence-electron chi connectivity index (χ0n) is 12.0. The third-order valence-corrected chi connectivity index (χ3v) is 3.68. The van der Waals surface area contributed by atoms with Crippen LogP contribution in [0.1, 0.15) is 19.4 Å². The summed E-state index contributed by atoms with van der Waals surface area (Å²) >= 11 is 1.26. The Morgan fingerprint density at radius 1 is 1.45 bits per heavy atom. The van der Waals surface area contributed by atoms with Crippen molar-refractivity contribution >= 4 is 40.5 Å². The lowest BCUT2D eigenvalue weighted by Crippen LogP contribution is -2.29. The maximum absolute atomic E-state index is 12.0. The van der Waals surface area contributed by atoms with Gasteiger partial charge in [0, 0.05) is 13.0 Å². The van der Waals surface area contributed by atoms with Crippen molar-refractivity contribution in [1.29, 1.82) is 0 Å². The molecule has 0 N–H and O–H groups in total. The summed E-state index contributed by atoms with van der Waals surface area (Å²) in [5.74, 6) is -0.297. The van der Waals surface area contributed by atoms with Crippen LogP contribution in [0.2, 0.25) is 0 Å². The first-order chi connectivity index (χ1) is 10.5. The Labute approximate surface area is 130 Å². The minimum absolute atomic E-state index is 0.0257. The molecule has 8 heteroatoms. The number of carbonyl (C=O) groups excluding carboxylic acids is 2. The Balaban J connectivity index is 2.49. The summed E-state index contributed by atoms with van der Waals surface area (Å²) in [6, 6.07) is 6.02. The summed E-state index contributed by atoms with van der Waals surface area (Å²) < 4.78 is 0. The van der Waals surface area contributed by atoms with Crippen LogP contribution in [0.5, 0.6) is 0 Å². The molecule has 7 nitrogen and oxygen atoms in total. The first kappa shape index (κ1) is 15.9. The smallest absolute Gasteiger partial charge is 0.274 e. The van der Waals surface area contributed by atoms with Gasteiger partial charge in [0.2, 0.25) is 5.91 Å². The molecule has 1 aromatic rings. The number of carbonyl (C=O) groups is 2. The van der Waals surface area contributed by atoms with Gasteiger partial charge in [-0.2, -0.15) is 4.99 Å². The number of amides is 2. The average molecular weight is 319 g/mol. The van der Waals surface area contributed by atoms with Crippen molar-refractivity contribution < 1.29 is 14.5 Å². The second-order valence-electron chi connectivity index (χ2n) is 4.33. The highest BCUT2D eigenvalue weighted by molar-refractivity contribution is 8.13. The van der Waals surface area contributed by atoms with Gasteiger partial charge in [-0.05, 0) is 17.9 Å². The van der Waals surface area contributed by atoms with E-state index < -0.39 is 10.8 Å².